The number of piperazine rings is 1. The van der Waals surface area contributed by atoms with Gasteiger partial charge in [-0.05, 0) is 43.3 Å². The van der Waals surface area contributed by atoms with Crippen molar-refractivity contribution in [2.75, 3.05) is 43.2 Å². The Hall–Kier alpha value is -2.80. The molecule has 0 saturated carbocycles. The number of nitrogens with zero attached hydrogens (tertiary/aromatic N) is 2. The second kappa shape index (κ2) is 7.44. The summed E-state index contributed by atoms with van der Waals surface area (Å²) in [5.74, 6) is 1.06. The standard InChI is InChI=1S/C20H22FN3O3/c1-14(20(25)22-16-4-7-18-19(12-16)27-13-26-18)23-8-10-24(11-9-23)17-5-2-15(21)3-6-17/h2-7,12,14H,8-11,13H2,1H3,(H,22,25)/t14-/m1/s1. The van der Waals surface area contributed by atoms with E-state index in [9.17, 15) is 9.18 Å². The third-order valence-electron chi connectivity index (χ3n) is 5.07. The lowest BCUT2D eigenvalue weighted by Crippen LogP contribution is -2.52. The Morgan fingerprint density at radius 1 is 1.04 bits per heavy atom. The monoisotopic (exact) mass is 371 g/mol. The zero-order chi connectivity index (χ0) is 18.8. The first-order chi connectivity index (χ1) is 13.1. The van der Waals surface area contributed by atoms with E-state index in [0.717, 1.165) is 31.9 Å². The van der Waals surface area contributed by atoms with E-state index in [0.29, 0.717) is 17.2 Å². The fraction of sp³-hybridized carbons (Fsp3) is 0.350. The topological polar surface area (TPSA) is 54.0 Å². The number of hydrogen-bond donors (Lipinski definition) is 1. The van der Waals surface area contributed by atoms with E-state index in [2.05, 4.69) is 15.1 Å². The highest BCUT2D eigenvalue weighted by Gasteiger charge is 2.26. The fourth-order valence-electron chi connectivity index (χ4n) is 3.41. The van der Waals surface area contributed by atoms with Crippen molar-refractivity contribution in [3.05, 3.63) is 48.3 Å². The Kier molecular flexibility index (Phi) is 4.85. The number of ether oxygens (including phenoxy) is 2. The third-order valence-corrected chi connectivity index (χ3v) is 5.07. The largest absolute Gasteiger partial charge is 0.454 e. The van der Waals surface area contributed by atoms with Crippen LogP contribution in [-0.4, -0.2) is 49.8 Å². The Balaban J connectivity index is 1.32. The maximum Gasteiger partial charge on any atom is 0.241 e. The molecule has 0 unspecified atom stereocenters. The van der Waals surface area contributed by atoms with Crippen LogP contribution in [0.2, 0.25) is 0 Å². The van der Waals surface area contributed by atoms with Gasteiger partial charge in [0.15, 0.2) is 11.5 Å². The predicted octanol–water partition coefficient (Wildman–Crippen LogP) is 2.70. The molecule has 1 fully saturated rings. The molecule has 0 radical (unpaired) electrons. The van der Waals surface area contributed by atoms with Crippen molar-refractivity contribution in [2.24, 2.45) is 0 Å². The zero-order valence-electron chi connectivity index (χ0n) is 15.2. The van der Waals surface area contributed by atoms with Gasteiger partial charge in [0, 0.05) is 43.6 Å². The Morgan fingerprint density at radius 2 is 1.74 bits per heavy atom. The summed E-state index contributed by atoms with van der Waals surface area (Å²) in [7, 11) is 0. The SMILES string of the molecule is C[C@H](C(=O)Nc1ccc2c(c1)OCO2)N1CCN(c2ccc(F)cc2)CC1. The van der Waals surface area contributed by atoms with Crippen LogP contribution in [0.3, 0.4) is 0 Å². The summed E-state index contributed by atoms with van der Waals surface area (Å²) >= 11 is 0. The summed E-state index contributed by atoms with van der Waals surface area (Å²) in [6.45, 7) is 5.26. The van der Waals surface area contributed by atoms with Crippen LogP contribution in [0, 0.1) is 5.82 Å². The van der Waals surface area contributed by atoms with E-state index in [-0.39, 0.29) is 24.6 Å². The highest BCUT2D eigenvalue weighted by molar-refractivity contribution is 5.94. The molecule has 142 valence electrons. The van der Waals surface area contributed by atoms with Gasteiger partial charge in [-0.2, -0.15) is 0 Å². The molecule has 1 atom stereocenters. The fourth-order valence-corrected chi connectivity index (χ4v) is 3.41. The summed E-state index contributed by atoms with van der Waals surface area (Å²) < 4.78 is 23.7. The van der Waals surface area contributed by atoms with Gasteiger partial charge in [-0.25, -0.2) is 4.39 Å². The molecule has 27 heavy (non-hydrogen) atoms. The second-order valence-electron chi connectivity index (χ2n) is 6.73. The summed E-state index contributed by atoms with van der Waals surface area (Å²) in [6.07, 6.45) is 0. The maximum absolute atomic E-state index is 13.1. The van der Waals surface area contributed by atoms with Crippen LogP contribution in [-0.2, 0) is 4.79 Å². The minimum atomic E-state index is -0.245. The summed E-state index contributed by atoms with van der Waals surface area (Å²) in [6, 6.07) is 11.7. The molecule has 6 nitrogen and oxygen atoms in total. The van der Waals surface area contributed by atoms with Gasteiger partial charge in [0.1, 0.15) is 5.82 Å². The van der Waals surface area contributed by atoms with Crippen molar-refractivity contribution < 1.29 is 18.7 Å². The van der Waals surface area contributed by atoms with Gasteiger partial charge in [0.2, 0.25) is 12.7 Å². The second-order valence-corrected chi connectivity index (χ2v) is 6.73. The summed E-state index contributed by atoms with van der Waals surface area (Å²) in [4.78, 5) is 17.0. The van der Waals surface area contributed by atoms with Gasteiger partial charge in [0.05, 0.1) is 6.04 Å². The molecule has 2 aliphatic heterocycles. The lowest BCUT2D eigenvalue weighted by atomic mass is 10.2. The maximum atomic E-state index is 13.1. The summed E-state index contributed by atoms with van der Waals surface area (Å²) in [5.41, 5.74) is 1.70. The molecule has 0 spiro atoms. The minimum absolute atomic E-state index is 0.0518. The van der Waals surface area contributed by atoms with Crippen molar-refractivity contribution >= 4 is 17.3 Å². The number of anilines is 2. The highest BCUT2D eigenvalue weighted by atomic mass is 19.1. The van der Waals surface area contributed by atoms with E-state index in [1.807, 2.05) is 13.0 Å². The third kappa shape index (κ3) is 3.83. The number of carbonyl (C=O) groups excluding carboxylic acids is 1. The molecule has 4 rings (SSSR count). The van der Waals surface area contributed by atoms with Crippen molar-refractivity contribution in [3.8, 4) is 11.5 Å². The van der Waals surface area contributed by atoms with E-state index in [1.165, 1.54) is 12.1 Å². The molecule has 1 saturated heterocycles. The van der Waals surface area contributed by atoms with Gasteiger partial charge in [-0.15, -0.1) is 0 Å². The molecular formula is C20H22FN3O3. The quantitative estimate of drug-likeness (QED) is 0.896. The first kappa shape index (κ1) is 17.6. The van der Waals surface area contributed by atoms with Crippen molar-refractivity contribution in [3.63, 3.8) is 0 Å². The molecule has 0 aromatic heterocycles. The zero-order valence-corrected chi connectivity index (χ0v) is 15.2. The van der Waals surface area contributed by atoms with Crippen LogP contribution < -0.4 is 19.7 Å². The van der Waals surface area contributed by atoms with Gasteiger partial charge in [-0.3, -0.25) is 9.69 Å². The number of halogens is 1. The average molecular weight is 371 g/mol. The van der Waals surface area contributed by atoms with Gasteiger partial charge in [-0.1, -0.05) is 0 Å². The van der Waals surface area contributed by atoms with E-state index < -0.39 is 0 Å². The predicted molar refractivity (Wildman–Crippen MR) is 101 cm³/mol. The molecule has 2 heterocycles. The van der Waals surface area contributed by atoms with Crippen LogP contribution in [0.15, 0.2) is 42.5 Å². The van der Waals surface area contributed by atoms with Crippen LogP contribution in [0.4, 0.5) is 15.8 Å². The number of fused-ring (bicyclic) bond motifs is 1. The Labute approximate surface area is 157 Å². The smallest absolute Gasteiger partial charge is 0.241 e. The average Bonchev–Trinajstić information content (AvgIpc) is 3.16. The van der Waals surface area contributed by atoms with Gasteiger partial charge < -0.3 is 19.7 Å². The first-order valence-corrected chi connectivity index (χ1v) is 9.05. The van der Waals surface area contributed by atoms with Crippen molar-refractivity contribution in [2.45, 2.75) is 13.0 Å². The molecule has 1 amide bonds. The van der Waals surface area contributed by atoms with E-state index >= 15 is 0 Å². The molecule has 2 aromatic carbocycles. The number of amides is 1. The van der Waals surface area contributed by atoms with Crippen LogP contribution in [0.1, 0.15) is 6.92 Å². The number of benzene rings is 2. The van der Waals surface area contributed by atoms with Crippen molar-refractivity contribution in [1.82, 2.24) is 4.90 Å². The number of nitrogens with one attached hydrogen (secondary N) is 1. The lowest BCUT2D eigenvalue weighted by molar-refractivity contribution is -0.120. The molecule has 1 N–H and O–H groups in total. The van der Waals surface area contributed by atoms with Crippen LogP contribution >= 0.6 is 0 Å². The molecule has 2 aromatic rings. The minimum Gasteiger partial charge on any atom is -0.454 e. The molecule has 2 aliphatic rings. The number of carbonyl (C=O) groups is 1. The Bertz CT molecular complexity index is 820. The molecular weight excluding hydrogens is 349 g/mol. The van der Waals surface area contributed by atoms with Crippen LogP contribution in [0.5, 0.6) is 11.5 Å². The number of rotatable bonds is 4. The Morgan fingerprint density at radius 3 is 2.48 bits per heavy atom. The number of hydrogen-bond acceptors (Lipinski definition) is 5. The molecule has 0 bridgehead atoms. The van der Waals surface area contributed by atoms with Gasteiger partial charge in [0.25, 0.3) is 0 Å². The van der Waals surface area contributed by atoms with Gasteiger partial charge >= 0.3 is 0 Å². The summed E-state index contributed by atoms with van der Waals surface area (Å²) in [5, 5.41) is 2.95. The molecule has 7 heteroatoms. The van der Waals surface area contributed by atoms with Crippen LogP contribution in [0.25, 0.3) is 0 Å². The highest BCUT2D eigenvalue weighted by Crippen LogP contribution is 2.34. The van der Waals surface area contributed by atoms with E-state index in [4.69, 9.17) is 9.47 Å². The van der Waals surface area contributed by atoms with E-state index in [1.54, 1.807) is 24.3 Å². The lowest BCUT2D eigenvalue weighted by Gasteiger charge is -2.38. The normalized spacial score (nSPS) is 17.6. The molecule has 0 aliphatic carbocycles. The first-order valence-electron chi connectivity index (χ1n) is 9.05. The van der Waals surface area contributed by atoms with Crippen molar-refractivity contribution in [1.29, 1.82) is 0 Å².